The van der Waals surface area contributed by atoms with Crippen LogP contribution >= 0.6 is 0 Å². The summed E-state index contributed by atoms with van der Waals surface area (Å²) < 4.78 is 9.39. The van der Waals surface area contributed by atoms with Crippen molar-refractivity contribution >= 4 is 11.0 Å². The van der Waals surface area contributed by atoms with E-state index >= 15 is 0 Å². The van der Waals surface area contributed by atoms with Gasteiger partial charge in [-0.15, -0.1) is 0 Å². The highest BCUT2D eigenvalue weighted by molar-refractivity contribution is 5.73. The summed E-state index contributed by atoms with van der Waals surface area (Å²) in [6, 6.07) is 1.90. The molecule has 0 radical (unpaired) electrons. The molecule has 0 unspecified atom stereocenters. The van der Waals surface area contributed by atoms with Crippen LogP contribution in [0.4, 0.5) is 0 Å². The molecule has 122 valence electrons. The molecule has 3 rings (SSSR count). The van der Waals surface area contributed by atoms with E-state index < -0.39 is 0 Å². The van der Waals surface area contributed by atoms with E-state index in [-0.39, 0.29) is 11.2 Å². The summed E-state index contributed by atoms with van der Waals surface area (Å²) in [5, 5.41) is 7.90. The molecule has 8 nitrogen and oxygen atoms in total. The summed E-state index contributed by atoms with van der Waals surface area (Å²) in [7, 11) is 3.35. The molecule has 0 atom stereocenters. The summed E-state index contributed by atoms with van der Waals surface area (Å²) in [6.45, 7) is 2.25. The third kappa shape index (κ3) is 2.71. The van der Waals surface area contributed by atoms with Crippen LogP contribution in [0.3, 0.4) is 0 Å². The van der Waals surface area contributed by atoms with Crippen molar-refractivity contribution in [2.45, 2.75) is 32.7 Å². The predicted octanol–water partition coefficient (Wildman–Crippen LogP) is 0.753. The fourth-order valence-electron chi connectivity index (χ4n) is 2.72. The molecular weight excluding hydrogens is 298 g/mol. The predicted molar refractivity (Wildman–Crippen MR) is 84.4 cm³/mol. The molecule has 8 heteroatoms. The van der Waals surface area contributed by atoms with Crippen molar-refractivity contribution < 1.29 is 4.52 Å². The Kier molecular flexibility index (Phi) is 3.89. The molecule has 0 fully saturated rings. The first-order valence-corrected chi connectivity index (χ1v) is 7.53. The third-order valence-electron chi connectivity index (χ3n) is 3.98. The number of hydrogen-bond donors (Lipinski definition) is 0. The lowest BCUT2D eigenvalue weighted by molar-refractivity contribution is 0.374. The molecule has 3 heterocycles. The van der Waals surface area contributed by atoms with Crippen LogP contribution < -0.4 is 11.2 Å². The molecule has 0 aliphatic rings. The lowest BCUT2D eigenvalue weighted by Gasteiger charge is -2.08. The highest BCUT2D eigenvalue weighted by Crippen LogP contribution is 2.08. The summed E-state index contributed by atoms with van der Waals surface area (Å²) in [4.78, 5) is 24.9. The molecule has 0 saturated heterocycles. The lowest BCUT2D eigenvalue weighted by Crippen LogP contribution is -2.39. The van der Waals surface area contributed by atoms with Gasteiger partial charge >= 0.3 is 5.69 Å². The molecule has 0 amide bonds. The first-order valence-electron chi connectivity index (χ1n) is 7.53. The third-order valence-corrected chi connectivity index (χ3v) is 3.98. The van der Waals surface area contributed by atoms with Gasteiger partial charge < -0.3 is 4.52 Å². The Morgan fingerprint density at radius 3 is 2.70 bits per heavy atom. The maximum atomic E-state index is 12.5. The van der Waals surface area contributed by atoms with Crippen molar-refractivity contribution in [1.82, 2.24) is 24.1 Å². The van der Waals surface area contributed by atoms with Crippen LogP contribution in [0, 0.1) is 6.92 Å². The zero-order chi connectivity index (χ0) is 16.6. The number of fused-ring (bicyclic) bond motifs is 1. The van der Waals surface area contributed by atoms with Crippen LogP contribution in [0.5, 0.6) is 0 Å². The van der Waals surface area contributed by atoms with Gasteiger partial charge in [-0.05, 0) is 19.8 Å². The molecule has 23 heavy (non-hydrogen) atoms. The number of unbranched alkanes of at least 4 members (excludes halogenated alkanes) is 1. The van der Waals surface area contributed by atoms with Crippen LogP contribution in [0.15, 0.2) is 26.4 Å². The summed E-state index contributed by atoms with van der Waals surface area (Å²) in [6.07, 6.45) is 3.80. The minimum Gasteiger partial charge on any atom is -0.361 e. The van der Waals surface area contributed by atoms with Crippen molar-refractivity contribution in [1.29, 1.82) is 0 Å². The van der Waals surface area contributed by atoms with E-state index in [1.165, 1.54) is 20.0 Å². The van der Waals surface area contributed by atoms with Crippen molar-refractivity contribution in [2.75, 3.05) is 0 Å². The van der Waals surface area contributed by atoms with Gasteiger partial charge in [-0.3, -0.25) is 18.6 Å². The van der Waals surface area contributed by atoms with Gasteiger partial charge in [0.25, 0.3) is 5.56 Å². The highest BCUT2D eigenvalue weighted by Gasteiger charge is 2.14. The van der Waals surface area contributed by atoms with Gasteiger partial charge in [-0.1, -0.05) is 5.16 Å². The Morgan fingerprint density at radius 1 is 1.22 bits per heavy atom. The van der Waals surface area contributed by atoms with Crippen molar-refractivity contribution in [3.05, 3.63) is 44.6 Å². The summed E-state index contributed by atoms with van der Waals surface area (Å²) in [5.41, 5.74) is 1.24. The van der Waals surface area contributed by atoms with Gasteiger partial charge in [0, 0.05) is 33.1 Å². The molecule has 0 bridgehead atoms. The molecule has 0 saturated carbocycles. The molecule has 0 aromatic carbocycles. The zero-order valence-corrected chi connectivity index (χ0v) is 13.4. The molecule has 0 spiro atoms. The van der Waals surface area contributed by atoms with Crippen LogP contribution in [0.2, 0.25) is 0 Å². The second-order valence-electron chi connectivity index (χ2n) is 5.69. The minimum atomic E-state index is -0.314. The van der Waals surface area contributed by atoms with Crippen molar-refractivity contribution in [3.8, 4) is 0 Å². The van der Waals surface area contributed by atoms with E-state index in [0.717, 1.165) is 24.3 Å². The maximum absolute atomic E-state index is 12.5. The largest absolute Gasteiger partial charge is 0.361 e. The average Bonchev–Trinajstić information content (AvgIpc) is 3.10. The first kappa shape index (κ1) is 15.3. The normalized spacial score (nSPS) is 11.4. The number of nitrogens with zero attached hydrogens (tertiary/aromatic N) is 5. The van der Waals surface area contributed by atoms with Gasteiger partial charge in [0.1, 0.15) is 11.3 Å². The molecule has 3 aromatic heterocycles. The van der Waals surface area contributed by atoms with E-state index in [1.807, 2.05) is 13.0 Å². The summed E-state index contributed by atoms with van der Waals surface area (Å²) >= 11 is 0. The van der Waals surface area contributed by atoms with Crippen molar-refractivity contribution in [3.63, 3.8) is 0 Å². The van der Waals surface area contributed by atoms with E-state index in [1.54, 1.807) is 14.1 Å². The first-order chi connectivity index (χ1) is 11.0. The quantitative estimate of drug-likeness (QED) is 0.648. The topological polar surface area (TPSA) is 87.9 Å². The smallest absolute Gasteiger partial charge is 0.331 e. The number of rotatable bonds is 5. The van der Waals surface area contributed by atoms with E-state index in [4.69, 9.17) is 4.52 Å². The standard InChI is InChI=1S/C15H19N5O3/c1-10-8-11(23-17-10)6-4-5-7-20-14(21)13-12(9-16-19(13)3)18(2)15(20)22/h8-9H,4-7H2,1-3H3. The van der Waals surface area contributed by atoms with Gasteiger partial charge in [-0.25, -0.2) is 4.79 Å². The average molecular weight is 317 g/mol. The second-order valence-corrected chi connectivity index (χ2v) is 5.69. The molecule has 0 aliphatic heterocycles. The van der Waals surface area contributed by atoms with Gasteiger partial charge in [0.2, 0.25) is 0 Å². The maximum Gasteiger partial charge on any atom is 0.331 e. The molecule has 3 aromatic rings. The molecule has 0 aliphatic carbocycles. The van der Waals surface area contributed by atoms with E-state index in [9.17, 15) is 9.59 Å². The Balaban J connectivity index is 1.79. The van der Waals surface area contributed by atoms with Crippen molar-refractivity contribution in [2.24, 2.45) is 14.1 Å². The van der Waals surface area contributed by atoms with Crippen LogP contribution in [0.1, 0.15) is 24.3 Å². The number of aryl methyl sites for hydroxylation is 4. The Bertz CT molecular complexity index is 960. The van der Waals surface area contributed by atoms with Gasteiger partial charge in [0.15, 0.2) is 0 Å². The van der Waals surface area contributed by atoms with Crippen LogP contribution in [0.25, 0.3) is 11.0 Å². The highest BCUT2D eigenvalue weighted by atomic mass is 16.5. The summed E-state index contributed by atoms with van der Waals surface area (Å²) in [5.74, 6) is 0.824. The van der Waals surface area contributed by atoms with Gasteiger partial charge in [0.05, 0.1) is 17.4 Å². The molecule has 0 N–H and O–H groups in total. The number of hydrogen-bond acceptors (Lipinski definition) is 5. The van der Waals surface area contributed by atoms with Crippen LogP contribution in [-0.2, 0) is 27.1 Å². The fourth-order valence-corrected chi connectivity index (χ4v) is 2.72. The number of aromatic nitrogens is 5. The zero-order valence-electron chi connectivity index (χ0n) is 13.4. The molecular formula is C15H19N5O3. The Labute approximate surface area is 131 Å². The Hall–Kier alpha value is -2.64. The Morgan fingerprint density at radius 2 is 2.00 bits per heavy atom. The van der Waals surface area contributed by atoms with Crippen LogP contribution in [-0.4, -0.2) is 24.1 Å². The second kappa shape index (κ2) is 5.86. The fraction of sp³-hybridized carbons (Fsp3) is 0.467. The SMILES string of the molecule is Cc1cc(CCCCn2c(=O)c3c(cnn3C)n(C)c2=O)on1. The monoisotopic (exact) mass is 317 g/mol. The minimum absolute atomic E-state index is 0.293. The van der Waals surface area contributed by atoms with E-state index in [2.05, 4.69) is 10.3 Å². The van der Waals surface area contributed by atoms with E-state index in [0.29, 0.717) is 24.0 Å². The van der Waals surface area contributed by atoms with Gasteiger partial charge in [-0.2, -0.15) is 5.10 Å². The lowest BCUT2D eigenvalue weighted by atomic mass is 10.2.